The molecule has 4 heteroatoms. The third-order valence-corrected chi connectivity index (χ3v) is 2.21. The number of carbonyl (C=O) groups is 1. The first-order valence-corrected chi connectivity index (χ1v) is 5.17. The summed E-state index contributed by atoms with van der Waals surface area (Å²) in [7, 11) is 0. The summed E-state index contributed by atoms with van der Waals surface area (Å²) in [5.74, 6) is -0.252. The lowest BCUT2D eigenvalue weighted by molar-refractivity contribution is 0.0694. The van der Waals surface area contributed by atoms with Gasteiger partial charge in [-0.2, -0.15) is 0 Å². The predicted octanol–water partition coefficient (Wildman–Crippen LogP) is 1.08. The van der Waals surface area contributed by atoms with Gasteiger partial charge in [0.15, 0.2) is 0 Å². The standard InChI is InChI=1S/C12H18N2O2/c1-8-5-4-6-9(13)10(8)11(15)14-7-12(2,3)16/h4-6,16H,7,13H2,1-3H3,(H,14,15). The number of amides is 1. The van der Waals surface area contributed by atoms with E-state index in [4.69, 9.17) is 5.73 Å². The lowest BCUT2D eigenvalue weighted by atomic mass is 10.1. The molecule has 0 unspecified atom stereocenters. The molecule has 1 aromatic rings. The van der Waals surface area contributed by atoms with Crippen LogP contribution in [0.15, 0.2) is 18.2 Å². The van der Waals surface area contributed by atoms with Crippen molar-refractivity contribution in [3.05, 3.63) is 29.3 Å². The number of hydrogen-bond acceptors (Lipinski definition) is 3. The summed E-state index contributed by atoms with van der Waals surface area (Å²) in [5.41, 5.74) is 6.57. The highest BCUT2D eigenvalue weighted by atomic mass is 16.3. The molecule has 88 valence electrons. The van der Waals surface area contributed by atoms with E-state index in [9.17, 15) is 9.90 Å². The molecule has 0 aliphatic carbocycles. The van der Waals surface area contributed by atoms with Gasteiger partial charge in [0, 0.05) is 12.2 Å². The van der Waals surface area contributed by atoms with Crippen molar-refractivity contribution in [2.24, 2.45) is 0 Å². The van der Waals surface area contributed by atoms with Crippen molar-refractivity contribution in [1.29, 1.82) is 0 Å². The number of aryl methyl sites for hydroxylation is 1. The van der Waals surface area contributed by atoms with Crippen LogP contribution in [0.5, 0.6) is 0 Å². The zero-order chi connectivity index (χ0) is 12.3. The first-order chi connectivity index (χ1) is 7.31. The molecule has 0 saturated heterocycles. The van der Waals surface area contributed by atoms with Gasteiger partial charge in [-0.1, -0.05) is 12.1 Å². The van der Waals surface area contributed by atoms with Crippen molar-refractivity contribution >= 4 is 11.6 Å². The number of benzene rings is 1. The number of aliphatic hydroxyl groups is 1. The van der Waals surface area contributed by atoms with Crippen LogP contribution in [-0.4, -0.2) is 23.2 Å². The van der Waals surface area contributed by atoms with Gasteiger partial charge in [-0.3, -0.25) is 4.79 Å². The van der Waals surface area contributed by atoms with Gasteiger partial charge in [0.05, 0.1) is 11.2 Å². The Morgan fingerprint density at radius 1 is 1.50 bits per heavy atom. The Bertz CT molecular complexity index is 374. The summed E-state index contributed by atoms with van der Waals surface area (Å²) in [6.45, 7) is 5.29. The number of nitrogen functional groups attached to an aromatic ring is 1. The van der Waals surface area contributed by atoms with E-state index in [0.29, 0.717) is 11.3 Å². The molecule has 16 heavy (non-hydrogen) atoms. The molecule has 0 spiro atoms. The van der Waals surface area contributed by atoms with Gasteiger partial charge in [0.2, 0.25) is 0 Å². The highest BCUT2D eigenvalue weighted by molar-refractivity contribution is 6.00. The zero-order valence-electron chi connectivity index (χ0n) is 9.87. The molecule has 0 aromatic heterocycles. The number of anilines is 1. The Kier molecular flexibility index (Phi) is 3.55. The fourth-order valence-corrected chi connectivity index (χ4v) is 1.39. The maximum absolute atomic E-state index is 11.8. The third-order valence-electron chi connectivity index (χ3n) is 2.21. The predicted molar refractivity (Wildman–Crippen MR) is 64.2 cm³/mol. The van der Waals surface area contributed by atoms with E-state index in [1.54, 1.807) is 26.0 Å². The van der Waals surface area contributed by atoms with Gasteiger partial charge in [-0.25, -0.2) is 0 Å². The van der Waals surface area contributed by atoms with Crippen molar-refractivity contribution < 1.29 is 9.90 Å². The number of carbonyl (C=O) groups excluding carboxylic acids is 1. The van der Waals surface area contributed by atoms with Gasteiger partial charge in [-0.05, 0) is 32.4 Å². The van der Waals surface area contributed by atoms with Crippen LogP contribution in [-0.2, 0) is 0 Å². The lowest BCUT2D eigenvalue weighted by Crippen LogP contribution is -2.38. The van der Waals surface area contributed by atoms with E-state index in [-0.39, 0.29) is 12.5 Å². The second-order valence-corrected chi connectivity index (χ2v) is 4.53. The fourth-order valence-electron chi connectivity index (χ4n) is 1.39. The largest absolute Gasteiger partial charge is 0.398 e. The number of nitrogens with two attached hydrogens (primary N) is 1. The number of hydrogen-bond donors (Lipinski definition) is 3. The van der Waals surface area contributed by atoms with Crippen LogP contribution in [0.3, 0.4) is 0 Å². The van der Waals surface area contributed by atoms with E-state index in [2.05, 4.69) is 5.32 Å². The summed E-state index contributed by atoms with van der Waals surface area (Å²) in [6, 6.07) is 5.32. The molecule has 0 heterocycles. The van der Waals surface area contributed by atoms with Crippen LogP contribution >= 0.6 is 0 Å². The van der Waals surface area contributed by atoms with Gasteiger partial charge in [-0.15, -0.1) is 0 Å². The van der Waals surface area contributed by atoms with Crippen molar-refractivity contribution in [2.75, 3.05) is 12.3 Å². The van der Waals surface area contributed by atoms with Crippen molar-refractivity contribution in [1.82, 2.24) is 5.32 Å². The Labute approximate surface area is 95.5 Å². The molecule has 0 radical (unpaired) electrons. The minimum Gasteiger partial charge on any atom is -0.398 e. The molecule has 1 aromatic carbocycles. The maximum atomic E-state index is 11.8. The van der Waals surface area contributed by atoms with E-state index >= 15 is 0 Å². The van der Waals surface area contributed by atoms with Crippen LogP contribution in [0.25, 0.3) is 0 Å². The zero-order valence-corrected chi connectivity index (χ0v) is 9.87. The molecule has 1 amide bonds. The molecule has 0 saturated carbocycles. The summed E-state index contributed by atoms with van der Waals surface area (Å²) in [5, 5.41) is 12.2. The highest BCUT2D eigenvalue weighted by Gasteiger charge is 2.17. The van der Waals surface area contributed by atoms with Crippen LogP contribution in [0.1, 0.15) is 29.8 Å². The number of nitrogens with one attached hydrogen (secondary N) is 1. The maximum Gasteiger partial charge on any atom is 0.253 e. The van der Waals surface area contributed by atoms with Crippen LogP contribution in [0.2, 0.25) is 0 Å². The van der Waals surface area contributed by atoms with Crippen molar-refractivity contribution in [3.63, 3.8) is 0 Å². The lowest BCUT2D eigenvalue weighted by Gasteiger charge is -2.18. The van der Waals surface area contributed by atoms with Crippen LogP contribution in [0, 0.1) is 6.92 Å². The molecule has 0 aliphatic rings. The van der Waals surface area contributed by atoms with E-state index in [1.165, 1.54) is 0 Å². The summed E-state index contributed by atoms with van der Waals surface area (Å²) in [4.78, 5) is 11.8. The molecule has 0 aliphatic heterocycles. The van der Waals surface area contributed by atoms with Crippen molar-refractivity contribution in [2.45, 2.75) is 26.4 Å². The second kappa shape index (κ2) is 4.53. The monoisotopic (exact) mass is 222 g/mol. The normalized spacial score (nSPS) is 11.2. The summed E-state index contributed by atoms with van der Waals surface area (Å²) in [6.07, 6.45) is 0. The topological polar surface area (TPSA) is 75.4 Å². The summed E-state index contributed by atoms with van der Waals surface area (Å²) < 4.78 is 0. The van der Waals surface area contributed by atoms with Gasteiger partial charge in [0.25, 0.3) is 5.91 Å². The van der Waals surface area contributed by atoms with Crippen molar-refractivity contribution in [3.8, 4) is 0 Å². The fraction of sp³-hybridized carbons (Fsp3) is 0.417. The van der Waals surface area contributed by atoms with Gasteiger partial charge < -0.3 is 16.2 Å². The van der Waals surface area contributed by atoms with Gasteiger partial charge in [0.1, 0.15) is 0 Å². The molecule has 1 rings (SSSR count). The molecular formula is C12H18N2O2. The quantitative estimate of drug-likeness (QED) is 0.670. The molecule has 4 N–H and O–H groups in total. The average Bonchev–Trinajstić information content (AvgIpc) is 2.13. The molecule has 0 bridgehead atoms. The van der Waals surface area contributed by atoms with Crippen LogP contribution in [0.4, 0.5) is 5.69 Å². The van der Waals surface area contributed by atoms with E-state index in [0.717, 1.165) is 5.56 Å². The Morgan fingerprint density at radius 3 is 2.62 bits per heavy atom. The SMILES string of the molecule is Cc1cccc(N)c1C(=O)NCC(C)(C)O. The molecule has 4 nitrogen and oxygen atoms in total. The second-order valence-electron chi connectivity index (χ2n) is 4.53. The summed E-state index contributed by atoms with van der Waals surface area (Å²) >= 11 is 0. The highest BCUT2D eigenvalue weighted by Crippen LogP contribution is 2.16. The van der Waals surface area contributed by atoms with E-state index in [1.807, 2.05) is 13.0 Å². The minimum absolute atomic E-state index is 0.194. The molecule has 0 atom stereocenters. The Hall–Kier alpha value is -1.55. The first-order valence-electron chi connectivity index (χ1n) is 5.17. The van der Waals surface area contributed by atoms with Crippen LogP contribution < -0.4 is 11.1 Å². The van der Waals surface area contributed by atoms with Gasteiger partial charge >= 0.3 is 0 Å². The smallest absolute Gasteiger partial charge is 0.253 e. The average molecular weight is 222 g/mol. The molecular weight excluding hydrogens is 204 g/mol. The third kappa shape index (κ3) is 3.24. The Morgan fingerprint density at radius 2 is 2.12 bits per heavy atom. The number of rotatable bonds is 3. The molecule has 0 fully saturated rings. The Balaban J connectivity index is 2.81. The minimum atomic E-state index is -0.924. The van der Waals surface area contributed by atoms with E-state index < -0.39 is 5.60 Å². The first kappa shape index (κ1) is 12.5.